The van der Waals surface area contributed by atoms with Crippen molar-refractivity contribution in [2.45, 2.75) is 31.9 Å². The molecule has 2 fully saturated rings. The predicted octanol–water partition coefficient (Wildman–Crippen LogP) is 0.515. The van der Waals surface area contributed by atoms with Gasteiger partial charge in [0.25, 0.3) is 0 Å². The Kier molecular flexibility index (Phi) is 5.36. The van der Waals surface area contributed by atoms with Crippen LogP contribution in [0, 0.1) is 0 Å². The quantitative estimate of drug-likeness (QED) is 0.776. The first-order valence-corrected chi connectivity index (χ1v) is 9.42. The van der Waals surface area contributed by atoms with Crippen LogP contribution in [0.25, 0.3) is 11.4 Å². The van der Waals surface area contributed by atoms with E-state index in [2.05, 4.69) is 10.1 Å². The summed E-state index contributed by atoms with van der Waals surface area (Å²) in [5.74, 6) is 0.610. The average molecular weight is 385 g/mol. The molecule has 1 aromatic heterocycles. The highest BCUT2D eigenvalue weighted by molar-refractivity contribution is 5.95. The summed E-state index contributed by atoms with van der Waals surface area (Å²) in [5.41, 5.74) is 6.96. The lowest BCUT2D eigenvalue weighted by Gasteiger charge is -2.23. The topological polar surface area (TPSA) is 113 Å². The van der Waals surface area contributed by atoms with E-state index in [4.69, 9.17) is 15.2 Å². The molecule has 2 saturated heterocycles. The van der Waals surface area contributed by atoms with E-state index in [1.807, 2.05) is 24.3 Å². The summed E-state index contributed by atoms with van der Waals surface area (Å²) in [6, 6.07) is 7.64. The fourth-order valence-electron chi connectivity index (χ4n) is 3.53. The van der Waals surface area contributed by atoms with Crippen molar-refractivity contribution >= 4 is 17.5 Å². The SMILES string of the molecule is NC(=O)Cc1nc(-c2cccc(N3CCCC3=O)c2)n(CC2COCCO2)n1. The fraction of sp³-hybridized carbons (Fsp3) is 0.474. The van der Waals surface area contributed by atoms with Crippen LogP contribution in [0.2, 0.25) is 0 Å². The van der Waals surface area contributed by atoms with Crippen molar-refractivity contribution in [2.24, 2.45) is 5.73 Å². The largest absolute Gasteiger partial charge is 0.376 e. The molecular weight excluding hydrogens is 362 g/mol. The van der Waals surface area contributed by atoms with E-state index in [0.29, 0.717) is 44.4 Å². The summed E-state index contributed by atoms with van der Waals surface area (Å²) in [5, 5.41) is 4.45. The lowest BCUT2D eigenvalue weighted by molar-refractivity contribution is -0.118. The van der Waals surface area contributed by atoms with Gasteiger partial charge in [-0.3, -0.25) is 9.59 Å². The molecule has 3 heterocycles. The zero-order valence-electron chi connectivity index (χ0n) is 15.5. The number of rotatable bonds is 6. The Morgan fingerprint density at radius 2 is 2.21 bits per heavy atom. The standard InChI is InChI=1S/C19H23N5O4/c20-16(25)10-17-21-19(24(22-17)11-15-12-27-7-8-28-15)13-3-1-4-14(9-13)23-6-2-5-18(23)26/h1,3-4,9,15H,2,5-8,10-12H2,(H2,20,25). The van der Waals surface area contributed by atoms with Gasteiger partial charge in [0.05, 0.1) is 32.8 Å². The van der Waals surface area contributed by atoms with Crippen molar-refractivity contribution in [1.29, 1.82) is 0 Å². The minimum atomic E-state index is -0.489. The molecule has 28 heavy (non-hydrogen) atoms. The smallest absolute Gasteiger partial charge is 0.227 e. The van der Waals surface area contributed by atoms with E-state index in [1.54, 1.807) is 9.58 Å². The van der Waals surface area contributed by atoms with Gasteiger partial charge in [0.1, 0.15) is 6.10 Å². The molecule has 2 N–H and O–H groups in total. The zero-order chi connectivity index (χ0) is 19.5. The lowest BCUT2D eigenvalue weighted by atomic mass is 10.1. The maximum absolute atomic E-state index is 12.1. The van der Waals surface area contributed by atoms with Crippen LogP contribution in [0.1, 0.15) is 18.7 Å². The van der Waals surface area contributed by atoms with E-state index in [0.717, 1.165) is 24.2 Å². The molecule has 0 bridgehead atoms. The molecule has 9 nitrogen and oxygen atoms in total. The zero-order valence-corrected chi connectivity index (χ0v) is 15.5. The molecule has 4 rings (SSSR count). The van der Waals surface area contributed by atoms with Crippen LogP contribution in [0.15, 0.2) is 24.3 Å². The van der Waals surface area contributed by atoms with Crippen molar-refractivity contribution in [1.82, 2.24) is 14.8 Å². The average Bonchev–Trinajstić information content (AvgIpc) is 3.28. The molecular formula is C19H23N5O4. The van der Waals surface area contributed by atoms with Gasteiger partial charge >= 0.3 is 0 Å². The lowest BCUT2D eigenvalue weighted by Crippen LogP contribution is -2.32. The van der Waals surface area contributed by atoms with Gasteiger partial charge < -0.3 is 20.1 Å². The van der Waals surface area contributed by atoms with Gasteiger partial charge in [-0.2, -0.15) is 5.10 Å². The molecule has 1 atom stereocenters. The molecule has 2 aliphatic heterocycles. The second kappa shape index (κ2) is 8.07. The number of hydrogen-bond acceptors (Lipinski definition) is 6. The van der Waals surface area contributed by atoms with E-state index in [9.17, 15) is 9.59 Å². The Hall–Kier alpha value is -2.78. The molecule has 0 aliphatic carbocycles. The molecule has 2 amide bonds. The molecule has 9 heteroatoms. The second-order valence-electron chi connectivity index (χ2n) is 6.94. The molecule has 148 valence electrons. The molecule has 0 radical (unpaired) electrons. The van der Waals surface area contributed by atoms with Gasteiger partial charge in [-0.05, 0) is 18.6 Å². The third-order valence-corrected chi connectivity index (χ3v) is 4.80. The number of benzene rings is 1. The first-order valence-electron chi connectivity index (χ1n) is 9.42. The minimum absolute atomic E-state index is 0.0354. The summed E-state index contributed by atoms with van der Waals surface area (Å²) in [7, 11) is 0. The van der Waals surface area contributed by atoms with Crippen LogP contribution in [0.4, 0.5) is 5.69 Å². The van der Waals surface area contributed by atoms with E-state index in [1.165, 1.54) is 0 Å². The van der Waals surface area contributed by atoms with Crippen LogP contribution >= 0.6 is 0 Å². The van der Waals surface area contributed by atoms with Gasteiger partial charge in [0.15, 0.2) is 11.6 Å². The first kappa shape index (κ1) is 18.6. The number of nitrogens with two attached hydrogens (primary N) is 1. The summed E-state index contributed by atoms with van der Waals surface area (Å²) in [4.78, 5) is 29.7. The number of hydrogen-bond donors (Lipinski definition) is 1. The van der Waals surface area contributed by atoms with Crippen molar-refractivity contribution in [3.05, 3.63) is 30.1 Å². The Morgan fingerprint density at radius 3 is 2.93 bits per heavy atom. The number of ether oxygens (including phenoxy) is 2. The maximum atomic E-state index is 12.1. The normalized spacial score (nSPS) is 19.9. The van der Waals surface area contributed by atoms with Crippen molar-refractivity contribution in [3.63, 3.8) is 0 Å². The number of carbonyl (C=O) groups excluding carboxylic acids is 2. The summed E-state index contributed by atoms with van der Waals surface area (Å²) < 4.78 is 12.9. The highest BCUT2D eigenvalue weighted by Gasteiger charge is 2.24. The summed E-state index contributed by atoms with van der Waals surface area (Å²) >= 11 is 0. The van der Waals surface area contributed by atoms with Crippen molar-refractivity contribution < 1.29 is 19.1 Å². The van der Waals surface area contributed by atoms with E-state index in [-0.39, 0.29) is 18.4 Å². The van der Waals surface area contributed by atoms with E-state index < -0.39 is 5.91 Å². The summed E-state index contributed by atoms with van der Waals surface area (Å²) in [6.07, 6.45) is 1.26. The number of carbonyl (C=O) groups is 2. The predicted molar refractivity (Wildman–Crippen MR) is 101 cm³/mol. The van der Waals surface area contributed by atoms with Gasteiger partial charge in [0.2, 0.25) is 11.8 Å². The number of primary amides is 1. The maximum Gasteiger partial charge on any atom is 0.227 e. The molecule has 2 aromatic rings. The number of nitrogens with zero attached hydrogens (tertiary/aromatic N) is 4. The highest BCUT2D eigenvalue weighted by atomic mass is 16.6. The number of anilines is 1. The fourth-order valence-corrected chi connectivity index (χ4v) is 3.53. The monoisotopic (exact) mass is 385 g/mol. The Labute approximate surface area is 162 Å². The van der Waals surface area contributed by atoms with Crippen LogP contribution in [0.5, 0.6) is 0 Å². The van der Waals surface area contributed by atoms with Crippen LogP contribution in [0.3, 0.4) is 0 Å². The van der Waals surface area contributed by atoms with Crippen LogP contribution in [-0.2, 0) is 32.0 Å². The number of aromatic nitrogens is 3. The third-order valence-electron chi connectivity index (χ3n) is 4.80. The van der Waals surface area contributed by atoms with Gasteiger partial charge in [-0.15, -0.1) is 0 Å². The van der Waals surface area contributed by atoms with Crippen molar-refractivity contribution in [3.8, 4) is 11.4 Å². The van der Waals surface area contributed by atoms with E-state index >= 15 is 0 Å². The van der Waals surface area contributed by atoms with Crippen LogP contribution in [-0.4, -0.2) is 59.0 Å². The number of amides is 2. The Balaban J connectivity index is 1.66. The third kappa shape index (κ3) is 4.05. The molecule has 1 aromatic carbocycles. The Bertz CT molecular complexity index is 875. The molecule has 0 spiro atoms. The minimum Gasteiger partial charge on any atom is -0.376 e. The van der Waals surface area contributed by atoms with Crippen molar-refractivity contribution in [2.75, 3.05) is 31.3 Å². The van der Waals surface area contributed by atoms with Gasteiger partial charge in [-0.25, -0.2) is 9.67 Å². The van der Waals surface area contributed by atoms with Gasteiger partial charge in [-0.1, -0.05) is 12.1 Å². The molecule has 2 aliphatic rings. The summed E-state index contributed by atoms with van der Waals surface area (Å²) in [6.45, 7) is 2.77. The second-order valence-corrected chi connectivity index (χ2v) is 6.94. The van der Waals surface area contributed by atoms with Gasteiger partial charge in [0, 0.05) is 24.2 Å². The van der Waals surface area contributed by atoms with Crippen LogP contribution < -0.4 is 10.6 Å². The Morgan fingerprint density at radius 1 is 1.32 bits per heavy atom. The highest BCUT2D eigenvalue weighted by Crippen LogP contribution is 2.27. The molecule has 0 saturated carbocycles. The first-order chi connectivity index (χ1) is 13.6. The molecule has 1 unspecified atom stereocenters.